The summed E-state index contributed by atoms with van der Waals surface area (Å²) < 4.78 is 6.67. The molecule has 0 bridgehead atoms. The Morgan fingerprint density at radius 1 is 1.10 bits per heavy atom. The highest BCUT2D eigenvalue weighted by Crippen LogP contribution is 2.43. The van der Waals surface area contributed by atoms with E-state index < -0.39 is 11.9 Å². The van der Waals surface area contributed by atoms with Gasteiger partial charge in [-0.15, -0.1) is 0 Å². The normalized spacial score (nSPS) is 15.4. The zero-order valence-corrected chi connectivity index (χ0v) is 17.1. The molecule has 1 atom stereocenters. The van der Waals surface area contributed by atoms with Crippen molar-refractivity contribution in [3.8, 4) is 0 Å². The first-order chi connectivity index (χ1) is 14.4. The van der Waals surface area contributed by atoms with Crippen LogP contribution in [0.5, 0.6) is 0 Å². The van der Waals surface area contributed by atoms with E-state index in [1.807, 2.05) is 56.4 Å². The molecule has 1 aromatic heterocycles. The number of fused-ring (bicyclic) bond motifs is 2. The van der Waals surface area contributed by atoms with Crippen LogP contribution in [0.1, 0.15) is 33.2 Å². The van der Waals surface area contributed by atoms with Crippen molar-refractivity contribution >= 4 is 28.7 Å². The van der Waals surface area contributed by atoms with Gasteiger partial charge in [0.15, 0.2) is 0 Å². The third-order valence-corrected chi connectivity index (χ3v) is 5.75. The number of ether oxygens (including phenoxy) is 1. The van der Waals surface area contributed by atoms with E-state index >= 15 is 0 Å². The third-order valence-electron chi connectivity index (χ3n) is 5.75. The number of rotatable bonds is 5. The molecule has 1 aliphatic heterocycles. The number of hydrogen-bond acceptors (Lipinski definition) is 4. The molecule has 1 N–H and O–H groups in total. The Morgan fingerprint density at radius 3 is 2.57 bits per heavy atom. The predicted molar refractivity (Wildman–Crippen MR) is 112 cm³/mol. The number of nitrogens with one attached hydrogen (secondary N) is 1. The largest absolute Gasteiger partial charge is 0.468 e. The molecule has 0 saturated carbocycles. The van der Waals surface area contributed by atoms with Crippen LogP contribution in [-0.4, -0.2) is 47.4 Å². The number of hydrogen-bond donors (Lipinski definition) is 1. The lowest BCUT2D eigenvalue weighted by molar-refractivity contribution is -0.141. The second-order valence-electron chi connectivity index (χ2n) is 7.35. The zero-order chi connectivity index (χ0) is 21.4. The highest BCUT2D eigenvalue weighted by atomic mass is 16.5. The standard InChI is InChI=1S/C23H23N3O4/c1-14-21(17-10-6-7-11-18(17)25(14)2)22-15-8-4-5-9-16(15)23(29)26(22)13-19(27)24-12-20(28)30-3/h4-11,22H,12-13H2,1-3H3,(H,24,27)/t22-/m0/s1. The van der Waals surface area contributed by atoms with Crippen LogP contribution < -0.4 is 5.32 Å². The molecule has 3 aromatic rings. The Kier molecular flexibility index (Phi) is 5.03. The van der Waals surface area contributed by atoms with Gasteiger partial charge in [0.25, 0.3) is 5.91 Å². The average Bonchev–Trinajstić information content (AvgIpc) is 3.17. The van der Waals surface area contributed by atoms with Gasteiger partial charge in [0.2, 0.25) is 5.91 Å². The smallest absolute Gasteiger partial charge is 0.325 e. The number of carbonyl (C=O) groups is 3. The van der Waals surface area contributed by atoms with Gasteiger partial charge in [0.1, 0.15) is 13.1 Å². The number of benzene rings is 2. The van der Waals surface area contributed by atoms with Crippen molar-refractivity contribution in [2.45, 2.75) is 13.0 Å². The van der Waals surface area contributed by atoms with E-state index in [0.717, 1.165) is 27.7 Å². The number of aromatic nitrogens is 1. The topological polar surface area (TPSA) is 80.6 Å². The molecule has 2 amide bonds. The molecule has 2 aromatic carbocycles. The molecule has 7 heteroatoms. The van der Waals surface area contributed by atoms with Gasteiger partial charge in [-0.05, 0) is 24.6 Å². The first-order valence-corrected chi connectivity index (χ1v) is 9.71. The van der Waals surface area contributed by atoms with E-state index in [1.165, 1.54) is 7.11 Å². The van der Waals surface area contributed by atoms with Crippen LogP contribution in [0.3, 0.4) is 0 Å². The van der Waals surface area contributed by atoms with Crippen molar-refractivity contribution in [1.29, 1.82) is 0 Å². The lowest BCUT2D eigenvalue weighted by Gasteiger charge is -2.26. The summed E-state index contributed by atoms with van der Waals surface area (Å²) in [7, 11) is 3.26. The predicted octanol–water partition coefficient (Wildman–Crippen LogP) is 2.32. The minimum Gasteiger partial charge on any atom is -0.468 e. The molecule has 4 rings (SSSR count). The summed E-state index contributed by atoms with van der Waals surface area (Å²) in [5.74, 6) is -1.15. The molecule has 30 heavy (non-hydrogen) atoms. The van der Waals surface area contributed by atoms with Crippen LogP contribution in [0.4, 0.5) is 0 Å². The number of methoxy groups -OCH3 is 1. The summed E-state index contributed by atoms with van der Waals surface area (Å²) >= 11 is 0. The monoisotopic (exact) mass is 405 g/mol. The van der Waals surface area contributed by atoms with Gasteiger partial charge in [-0.2, -0.15) is 0 Å². The summed E-state index contributed by atoms with van der Waals surface area (Å²) in [6.45, 7) is 1.64. The van der Waals surface area contributed by atoms with E-state index in [0.29, 0.717) is 5.56 Å². The lowest BCUT2D eigenvalue weighted by Crippen LogP contribution is -2.41. The molecule has 0 fully saturated rings. The van der Waals surface area contributed by atoms with Crippen LogP contribution >= 0.6 is 0 Å². The van der Waals surface area contributed by atoms with E-state index in [-0.39, 0.29) is 25.0 Å². The van der Waals surface area contributed by atoms with Crippen LogP contribution in [-0.2, 0) is 21.4 Å². The molecule has 0 saturated heterocycles. The van der Waals surface area contributed by atoms with Gasteiger partial charge in [-0.1, -0.05) is 36.4 Å². The molecule has 1 aliphatic rings. The van der Waals surface area contributed by atoms with Gasteiger partial charge >= 0.3 is 5.97 Å². The highest BCUT2D eigenvalue weighted by Gasteiger charge is 2.40. The molecule has 0 spiro atoms. The van der Waals surface area contributed by atoms with Crippen LogP contribution in [0.2, 0.25) is 0 Å². The van der Waals surface area contributed by atoms with Crippen molar-refractivity contribution in [2.75, 3.05) is 20.2 Å². The van der Waals surface area contributed by atoms with E-state index in [1.54, 1.807) is 11.0 Å². The number of para-hydroxylation sites is 1. The minimum atomic E-state index is -0.541. The molecule has 154 valence electrons. The van der Waals surface area contributed by atoms with Crippen LogP contribution in [0, 0.1) is 6.92 Å². The quantitative estimate of drug-likeness (QED) is 0.661. The number of esters is 1. The zero-order valence-electron chi connectivity index (χ0n) is 17.1. The fourth-order valence-corrected chi connectivity index (χ4v) is 4.19. The number of carbonyl (C=O) groups excluding carboxylic acids is 3. The molecule has 0 radical (unpaired) electrons. The minimum absolute atomic E-state index is 0.155. The fourth-order valence-electron chi connectivity index (χ4n) is 4.19. The van der Waals surface area contributed by atoms with Crippen molar-refractivity contribution in [3.63, 3.8) is 0 Å². The molecular formula is C23H23N3O4. The van der Waals surface area contributed by atoms with Crippen LogP contribution in [0.25, 0.3) is 10.9 Å². The lowest BCUT2D eigenvalue weighted by atomic mass is 9.95. The Morgan fingerprint density at radius 2 is 1.80 bits per heavy atom. The average molecular weight is 405 g/mol. The maximum Gasteiger partial charge on any atom is 0.325 e. The second-order valence-corrected chi connectivity index (χ2v) is 7.35. The number of amides is 2. The maximum absolute atomic E-state index is 13.2. The second kappa shape index (κ2) is 7.67. The van der Waals surface area contributed by atoms with Gasteiger partial charge in [-0.25, -0.2) is 0 Å². The molecule has 0 unspecified atom stereocenters. The van der Waals surface area contributed by atoms with Crippen molar-refractivity contribution in [3.05, 3.63) is 70.9 Å². The van der Waals surface area contributed by atoms with Gasteiger partial charge in [0.05, 0.1) is 13.2 Å². The Labute approximate surface area is 174 Å². The summed E-state index contributed by atoms with van der Waals surface area (Å²) in [5.41, 5.74) is 4.58. The first kappa shape index (κ1) is 19.7. The summed E-state index contributed by atoms with van der Waals surface area (Å²) in [5, 5.41) is 3.57. The van der Waals surface area contributed by atoms with Gasteiger partial charge in [-0.3, -0.25) is 14.4 Å². The highest BCUT2D eigenvalue weighted by molar-refractivity contribution is 6.03. The van der Waals surface area contributed by atoms with Crippen molar-refractivity contribution in [1.82, 2.24) is 14.8 Å². The Balaban J connectivity index is 1.78. The van der Waals surface area contributed by atoms with E-state index in [9.17, 15) is 14.4 Å². The summed E-state index contributed by atoms with van der Waals surface area (Å²) in [6.07, 6.45) is 0. The third kappa shape index (κ3) is 3.12. The van der Waals surface area contributed by atoms with Gasteiger partial charge in [0, 0.05) is 34.8 Å². The van der Waals surface area contributed by atoms with Crippen molar-refractivity contribution < 1.29 is 19.1 Å². The summed E-state index contributed by atoms with van der Waals surface area (Å²) in [6, 6.07) is 15.1. The first-order valence-electron chi connectivity index (χ1n) is 9.71. The van der Waals surface area contributed by atoms with Crippen LogP contribution in [0.15, 0.2) is 48.5 Å². The van der Waals surface area contributed by atoms with E-state index in [2.05, 4.69) is 14.6 Å². The molecular weight excluding hydrogens is 382 g/mol. The molecule has 2 heterocycles. The maximum atomic E-state index is 13.2. The molecule has 7 nitrogen and oxygen atoms in total. The Bertz CT molecular complexity index is 1160. The van der Waals surface area contributed by atoms with E-state index in [4.69, 9.17) is 0 Å². The Hall–Kier alpha value is -3.61. The number of aryl methyl sites for hydroxylation is 1. The number of nitrogens with zero attached hydrogens (tertiary/aromatic N) is 2. The van der Waals surface area contributed by atoms with Crippen molar-refractivity contribution in [2.24, 2.45) is 7.05 Å². The fraction of sp³-hybridized carbons (Fsp3) is 0.261. The SMILES string of the molecule is COC(=O)CNC(=O)CN1C(=O)c2ccccc2[C@H]1c1c(C)n(C)c2ccccc12. The molecule has 0 aliphatic carbocycles. The summed E-state index contributed by atoms with van der Waals surface area (Å²) in [4.78, 5) is 38.7. The van der Waals surface area contributed by atoms with Gasteiger partial charge < -0.3 is 19.5 Å².